The molecule has 0 aromatic heterocycles. The van der Waals surface area contributed by atoms with Crippen molar-refractivity contribution in [1.29, 1.82) is 0 Å². The third-order valence-electron chi connectivity index (χ3n) is 3.35. The van der Waals surface area contributed by atoms with Gasteiger partial charge in [0.05, 0.1) is 18.3 Å². The van der Waals surface area contributed by atoms with E-state index in [0.29, 0.717) is 6.61 Å². The van der Waals surface area contributed by atoms with E-state index in [-0.39, 0.29) is 17.6 Å². The van der Waals surface area contributed by atoms with E-state index in [9.17, 15) is 4.79 Å². The highest BCUT2D eigenvalue weighted by atomic mass is 16.6. The molecular formula is C16H24N2O3. The fourth-order valence-electron chi connectivity index (χ4n) is 2.25. The van der Waals surface area contributed by atoms with Crippen molar-refractivity contribution < 1.29 is 14.3 Å². The Balaban J connectivity index is 1.76. The predicted octanol–water partition coefficient (Wildman–Crippen LogP) is 1.80. The molecule has 5 heteroatoms. The first-order valence-electron chi connectivity index (χ1n) is 7.32. The van der Waals surface area contributed by atoms with Gasteiger partial charge in [-0.3, -0.25) is 4.79 Å². The van der Waals surface area contributed by atoms with Crippen LogP contribution >= 0.6 is 0 Å². The highest BCUT2D eigenvalue weighted by Crippen LogP contribution is 2.16. The molecule has 1 saturated heterocycles. The van der Waals surface area contributed by atoms with Crippen molar-refractivity contribution in [1.82, 2.24) is 5.32 Å². The standard InChI is InChI=1S/C16H24N2O3/c1-12(15(19)18-13-7-5-4-6-8-13)20-10-14-9-17-11-16(2,3)21-14/h4-8,12,14,17H,9-11H2,1-3H3,(H,18,19). The van der Waals surface area contributed by atoms with Crippen molar-refractivity contribution in [2.75, 3.05) is 25.0 Å². The molecule has 2 N–H and O–H groups in total. The van der Waals surface area contributed by atoms with Crippen LogP contribution in [0, 0.1) is 0 Å². The third kappa shape index (κ3) is 5.12. The maximum atomic E-state index is 12.0. The van der Waals surface area contributed by atoms with Crippen LogP contribution in [0.25, 0.3) is 0 Å². The number of hydrogen-bond acceptors (Lipinski definition) is 4. The summed E-state index contributed by atoms with van der Waals surface area (Å²) in [5.74, 6) is -0.149. The molecule has 2 unspecified atom stereocenters. The average molecular weight is 292 g/mol. The van der Waals surface area contributed by atoms with Crippen LogP contribution in [0.3, 0.4) is 0 Å². The molecule has 1 aromatic carbocycles. The van der Waals surface area contributed by atoms with Gasteiger partial charge in [-0.2, -0.15) is 0 Å². The summed E-state index contributed by atoms with van der Waals surface area (Å²) in [6, 6.07) is 9.36. The maximum absolute atomic E-state index is 12.0. The number of carbonyl (C=O) groups is 1. The van der Waals surface area contributed by atoms with E-state index in [1.807, 2.05) is 44.2 Å². The lowest BCUT2D eigenvalue weighted by Gasteiger charge is -2.36. The number of para-hydroxylation sites is 1. The molecule has 116 valence electrons. The molecule has 0 saturated carbocycles. The highest BCUT2D eigenvalue weighted by Gasteiger charge is 2.29. The molecule has 1 aromatic rings. The molecule has 21 heavy (non-hydrogen) atoms. The van der Waals surface area contributed by atoms with Crippen LogP contribution in [0.15, 0.2) is 30.3 Å². The van der Waals surface area contributed by atoms with Gasteiger partial charge in [0.1, 0.15) is 6.10 Å². The van der Waals surface area contributed by atoms with Gasteiger partial charge in [0, 0.05) is 18.8 Å². The molecule has 1 amide bonds. The Morgan fingerprint density at radius 1 is 1.48 bits per heavy atom. The second-order valence-corrected chi connectivity index (χ2v) is 5.96. The number of carbonyl (C=O) groups excluding carboxylic acids is 1. The Kier molecular flexibility index (Phi) is 5.33. The Hall–Kier alpha value is -1.43. The van der Waals surface area contributed by atoms with Crippen molar-refractivity contribution in [3.63, 3.8) is 0 Å². The first kappa shape index (κ1) is 15.9. The number of morpholine rings is 1. The van der Waals surface area contributed by atoms with Crippen LogP contribution in [0.2, 0.25) is 0 Å². The zero-order valence-corrected chi connectivity index (χ0v) is 12.9. The van der Waals surface area contributed by atoms with Crippen molar-refractivity contribution >= 4 is 11.6 Å². The zero-order valence-electron chi connectivity index (χ0n) is 12.9. The van der Waals surface area contributed by atoms with E-state index in [1.54, 1.807) is 6.92 Å². The SMILES string of the molecule is CC(OCC1CNCC(C)(C)O1)C(=O)Nc1ccccc1. The third-order valence-corrected chi connectivity index (χ3v) is 3.35. The van der Waals surface area contributed by atoms with Gasteiger partial charge in [0.2, 0.25) is 0 Å². The molecular weight excluding hydrogens is 268 g/mol. The maximum Gasteiger partial charge on any atom is 0.253 e. The Morgan fingerprint density at radius 2 is 2.19 bits per heavy atom. The van der Waals surface area contributed by atoms with Crippen LogP contribution in [0.1, 0.15) is 20.8 Å². The molecule has 1 aliphatic heterocycles. The fourth-order valence-corrected chi connectivity index (χ4v) is 2.25. The molecule has 5 nitrogen and oxygen atoms in total. The number of benzene rings is 1. The predicted molar refractivity (Wildman–Crippen MR) is 82.3 cm³/mol. The molecule has 1 fully saturated rings. The summed E-state index contributed by atoms with van der Waals surface area (Å²) in [4.78, 5) is 12.0. The minimum absolute atomic E-state index is 0.0271. The first-order valence-corrected chi connectivity index (χ1v) is 7.32. The number of nitrogens with one attached hydrogen (secondary N) is 2. The van der Waals surface area contributed by atoms with Gasteiger partial charge < -0.3 is 20.1 Å². The zero-order chi connectivity index (χ0) is 15.3. The lowest BCUT2D eigenvalue weighted by atomic mass is 10.1. The van der Waals surface area contributed by atoms with E-state index in [0.717, 1.165) is 18.8 Å². The van der Waals surface area contributed by atoms with Crippen LogP contribution in [-0.4, -0.2) is 43.4 Å². The van der Waals surface area contributed by atoms with Crippen molar-refractivity contribution in [2.24, 2.45) is 0 Å². The average Bonchev–Trinajstić information content (AvgIpc) is 2.45. The van der Waals surface area contributed by atoms with Crippen molar-refractivity contribution in [2.45, 2.75) is 38.6 Å². The summed E-state index contributed by atoms with van der Waals surface area (Å²) >= 11 is 0. The summed E-state index contributed by atoms with van der Waals surface area (Å²) in [6.45, 7) is 7.80. The summed E-state index contributed by atoms with van der Waals surface area (Å²) in [6.07, 6.45) is -0.542. The van der Waals surface area contributed by atoms with E-state index in [2.05, 4.69) is 10.6 Å². The molecule has 1 heterocycles. The minimum atomic E-state index is -0.515. The molecule has 2 atom stereocenters. The molecule has 0 spiro atoms. The summed E-state index contributed by atoms with van der Waals surface area (Å²) in [5, 5.41) is 6.14. The topological polar surface area (TPSA) is 59.6 Å². The normalized spacial score (nSPS) is 22.5. The Labute approximate surface area is 126 Å². The van der Waals surface area contributed by atoms with E-state index < -0.39 is 6.10 Å². The van der Waals surface area contributed by atoms with E-state index >= 15 is 0 Å². The molecule has 0 bridgehead atoms. The quantitative estimate of drug-likeness (QED) is 0.869. The lowest BCUT2D eigenvalue weighted by molar-refractivity contribution is -0.141. The van der Waals surface area contributed by atoms with Gasteiger partial charge in [-0.05, 0) is 32.9 Å². The molecule has 2 rings (SSSR count). The second kappa shape index (κ2) is 7.02. The number of rotatable bonds is 5. The van der Waals surface area contributed by atoms with Crippen LogP contribution in [-0.2, 0) is 14.3 Å². The number of hydrogen-bond donors (Lipinski definition) is 2. The number of anilines is 1. The largest absolute Gasteiger partial charge is 0.367 e. The lowest BCUT2D eigenvalue weighted by Crippen LogP contribution is -2.52. The monoisotopic (exact) mass is 292 g/mol. The van der Waals surface area contributed by atoms with Crippen LogP contribution < -0.4 is 10.6 Å². The smallest absolute Gasteiger partial charge is 0.253 e. The second-order valence-electron chi connectivity index (χ2n) is 5.96. The minimum Gasteiger partial charge on any atom is -0.367 e. The number of amides is 1. The van der Waals surface area contributed by atoms with Crippen LogP contribution in [0.5, 0.6) is 0 Å². The summed E-state index contributed by atoms with van der Waals surface area (Å²) < 4.78 is 11.5. The first-order chi connectivity index (χ1) is 9.96. The number of ether oxygens (including phenoxy) is 2. The Bertz CT molecular complexity index is 462. The van der Waals surface area contributed by atoms with Crippen molar-refractivity contribution in [3.8, 4) is 0 Å². The molecule has 0 radical (unpaired) electrons. The molecule has 0 aliphatic carbocycles. The van der Waals surface area contributed by atoms with Crippen LogP contribution in [0.4, 0.5) is 5.69 Å². The molecule has 1 aliphatic rings. The van der Waals surface area contributed by atoms with Gasteiger partial charge >= 0.3 is 0 Å². The Morgan fingerprint density at radius 3 is 2.86 bits per heavy atom. The fraction of sp³-hybridized carbons (Fsp3) is 0.562. The highest BCUT2D eigenvalue weighted by molar-refractivity contribution is 5.93. The van der Waals surface area contributed by atoms with E-state index in [1.165, 1.54) is 0 Å². The summed E-state index contributed by atoms with van der Waals surface area (Å²) in [5.41, 5.74) is 0.580. The van der Waals surface area contributed by atoms with Gasteiger partial charge in [0.25, 0.3) is 5.91 Å². The summed E-state index contributed by atoms with van der Waals surface area (Å²) in [7, 11) is 0. The van der Waals surface area contributed by atoms with Gasteiger partial charge in [-0.1, -0.05) is 18.2 Å². The van der Waals surface area contributed by atoms with Gasteiger partial charge in [-0.25, -0.2) is 0 Å². The van der Waals surface area contributed by atoms with Crippen molar-refractivity contribution in [3.05, 3.63) is 30.3 Å². The van der Waals surface area contributed by atoms with Gasteiger partial charge in [0.15, 0.2) is 0 Å². The van der Waals surface area contributed by atoms with E-state index in [4.69, 9.17) is 9.47 Å². The van der Waals surface area contributed by atoms with Gasteiger partial charge in [-0.15, -0.1) is 0 Å².